The van der Waals surface area contributed by atoms with E-state index < -0.39 is 5.97 Å². The number of amides is 1. The largest absolute Gasteiger partial charge is 0.481 e. The normalized spacial score (nSPS) is 10.3. The smallest absolute Gasteiger partial charge is 0.305 e. The number of hydrogen-bond acceptors (Lipinski definition) is 4. The molecule has 1 rings (SSSR count). The minimum Gasteiger partial charge on any atom is -0.481 e. The standard InChI is InChI=1S/C12H18N2O3S/c1-9-8-18-10(13-9)4-3-5-11(15)14(2)7-6-12(16)17/h8H,3-7H2,1-2H3,(H,16,17). The summed E-state index contributed by atoms with van der Waals surface area (Å²) < 4.78 is 0. The number of carboxylic acids is 1. The molecule has 0 saturated heterocycles. The lowest BCUT2D eigenvalue weighted by Crippen LogP contribution is -2.28. The number of carboxylic acid groups (broad SMARTS) is 1. The van der Waals surface area contributed by atoms with Crippen LogP contribution in [0.4, 0.5) is 0 Å². The molecule has 0 aromatic carbocycles. The number of rotatable bonds is 7. The molecule has 0 unspecified atom stereocenters. The van der Waals surface area contributed by atoms with Crippen molar-refractivity contribution in [3.05, 3.63) is 16.1 Å². The van der Waals surface area contributed by atoms with Crippen molar-refractivity contribution in [1.82, 2.24) is 9.88 Å². The van der Waals surface area contributed by atoms with E-state index in [1.165, 1.54) is 4.90 Å². The van der Waals surface area contributed by atoms with Gasteiger partial charge in [0.1, 0.15) is 0 Å². The van der Waals surface area contributed by atoms with Crippen LogP contribution < -0.4 is 0 Å². The van der Waals surface area contributed by atoms with E-state index in [9.17, 15) is 9.59 Å². The third-order valence-corrected chi connectivity index (χ3v) is 3.56. The van der Waals surface area contributed by atoms with E-state index in [1.807, 2.05) is 12.3 Å². The van der Waals surface area contributed by atoms with E-state index >= 15 is 0 Å². The molecule has 0 bridgehead atoms. The van der Waals surface area contributed by atoms with Gasteiger partial charge in [-0.05, 0) is 19.8 Å². The van der Waals surface area contributed by atoms with Gasteiger partial charge in [0.15, 0.2) is 0 Å². The number of aliphatic carboxylic acids is 1. The van der Waals surface area contributed by atoms with Gasteiger partial charge < -0.3 is 10.0 Å². The van der Waals surface area contributed by atoms with E-state index in [-0.39, 0.29) is 18.9 Å². The summed E-state index contributed by atoms with van der Waals surface area (Å²) in [5.41, 5.74) is 1.01. The fourth-order valence-corrected chi connectivity index (χ4v) is 2.31. The van der Waals surface area contributed by atoms with Crippen LogP contribution in [-0.2, 0) is 16.0 Å². The van der Waals surface area contributed by atoms with Crippen LogP contribution in [0.3, 0.4) is 0 Å². The number of aromatic nitrogens is 1. The maximum atomic E-state index is 11.7. The fourth-order valence-electron chi connectivity index (χ4n) is 1.49. The molecule has 1 heterocycles. The Morgan fingerprint density at radius 3 is 2.72 bits per heavy atom. The molecule has 100 valence electrons. The van der Waals surface area contributed by atoms with Crippen LogP contribution in [-0.4, -0.2) is 40.5 Å². The van der Waals surface area contributed by atoms with Crippen LogP contribution in [0.5, 0.6) is 0 Å². The lowest BCUT2D eigenvalue weighted by molar-refractivity contribution is -0.138. The highest BCUT2D eigenvalue weighted by atomic mass is 32.1. The highest BCUT2D eigenvalue weighted by Crippen LogP contribution is 2.12. The van der Waals surface area contributed by atoms with Crippen LogP contribution in [0.1, 0.15) is 30.0 Å². The molecular formula is C12H18N2O3S. The zero-order chi connectivity index (χ0) is 13.5. The predicted molar refractivity (Wildman–Crippen MR) is 69.7 cm³/mol. The summed E-state index contributed by atoms with van der Waals surface area (Å²) in [5.74, 6) is -0.891. The molecule has 0 spiro atoms. The summed E-state index contributed by atoms with van der Waals surface area (Å²) in [5, 5.41) is 11.6. The molecule has 0 saturated carbocycles. The Balaban J connectivity index is 2.22. The van der Waals surface area contributed by atoms with Crippen LogP contribution in [0.15, 0.2) is 5.38 Å². The second kappa shape index (κ2) is 7.10. The highest BCUT2D eigenvalue weighted by Gasteiger charge is 2.10. The average Bonchev–Trinajstić information content (AvgIpc) is 2.71. The molecule has 6 heteroatoms. The highest BCUT2D eigenvalue weighted by molar-refractivity contribution is 7.09. The Kier molecular flexibility index (Phi) is 5.77. The maximum Gasteiger partial charge on any atom is 0.305 e. The van der Waals surface area contributed by atoms with Crippen LogP contribution in [0.25, 0.3) is 0 Å². The van der Waals surface area contributed by atoms with E-state index in [0.717, 1.165) is 23.5 Å². The molecule has 0 atom stereocenters. The van der Waals surface area contributed by atoms with Crippen molar-refractivity contribution in [3.8, 4) is 0 Å². The zero-order valence-corrected chi connectivity index (χ0v) is 11.5. The Morgan fingerprint density at radius 1 is 1.44 bits per heavy atom. The van der Waals surface area contributed by atoms with Crippen molar-refractivity contribution in [1.29, 1.82) is 0 Å². The predicted octanol–water partition coefficient (Wildman–Crippen LogP) is 1.71. The Morgan fingerprint density at radius 2 is 2.17 bits per heavy atom. The number of carbonyl (C=O) groups is 2. The summed E-state index contributed by atoms with van der Waals surface area (Å²) >= 11 is 1.61. The molecule has 0 radical (unpaired) electrons. The molecule has 18 heavy (non-hydrogen) atoms. The van der Waals surface area contributed by atoms with Crippen molar-refractivity contribution in [2.75, 3.05) is 13.6 Å². The lowest BCUT2D eigenvalue weighted by Gasteiger charge is -2.15. The first-order valence-electron chi connectivity index (χ1n) is 5.86. The second-order valence-corrected chi connectivity index (χ2v) is 5.14. The van der Waals surface area contributed by atoms with Gasteiger partial charge in [0.2, 0.25) is 5.91 Å². The first kappa shape index (κ1) is 14.6. The number of hydrogen-bond donors (Lipinski definition) is 1. The molecule has 1 amide bonds. The van der Waals surface area contributed by atoms with E-state index in [4.69, 9.17) is 5.11 Å². The molecule has 0 aliphatic heterocycles. The topological polar surface area (TPSA) is 70.5 Å². The molecule has 5 nitrogen and oxygen atoms in total. The van der Waals surface area contributed by atoms with Gasteiger partial charge in [-0.25, -0.2) is 4.98 Å². The molecule has 0 aliphatic rings. The molecule has 1 aromatic rings. The summed E-state index contributed by atoms with van der Waals surface area (Å²) in [7, 11) is 1.64. The van der Waals surface area contributed by atoms with Gasteiger partial charge >= 0.3 is 5.97 Å². The number of nitrogens with zero attached hydrogens (tertiary/aromatic N) is 2. The summed E-state index contributed by atoms with van der Waals surface area (Å²) in [6.07, 6.45) is 1.99. The zero-order valence-electron chi connectivity index (χ0n) is 10.7. The van der Waals surface area contributed by atoms with E-state index in [2.05, 4.69) is 4.98 Å². The Labute approximate surface area is 110 Å². The quantitative estimate of drug-likeness (QED) is 0.818. The van der Waals surface area contributed by atoms with E-state index in [0.29, 0.717) is 6.42 Å². The van der Waals surface area contributed by atoms with Crippen molar-refractivity contribution in [2.24, 2.45) is 0 Å². The van der Waals surface area contributed by atoms with Crippen LogP contribution in [0.2, 0.25) is 0 Å². The van der Waals surface area contributed by atoms with Gasteiger partial charge in [-0.15, -0.1) is 11.3 Å². The maximum absolute atomic E-state index is 11.7. The number of aryl methyl sites for hydroxylation is 2. The first-order valence-corrected chi connectivity index (χ1v) is 6.73. The Bertz CT molecular complexity index is 417. The van der Waals surface area contributed by atoms with E-state index in [1.54, 1.807) is 18.4 Å². The fraction of sp³-hybridized carbons (Fsp3) is 0.583. The van der Waals surface area contributed by atoms with Gasteiger partial charge in [-0.1, -0.05) is 0 Å². The van der Waals surface area contributed by atoms with Gasteiger partial charge in [-0.3, -0.25) is 9.59 Å². The van der Waals surface area contributed by atoms with Crippen molar-refractivity contribution < 1.29 is 14.7 Å². The molecule has 1 N–H and O–H groups in total. The minimum absolute atomic E-state index is 0.00604. The van der Waals surface area contributed by atoms with Crippen LogP contribution >= 0.6 is 11.3 Å². The number of carbonyl (C=O) groups excluding carboxylic acids is 1. The van der Waals surface area contributed by atoms with Gasteiger partial charge in [0, 0.05) is 31.1 Å². The van der Waals surface area contributed by atoms with Crippen molar-refractivity contribution in [2.45, 2.75) is 32.6 Å². The third kappa shape index (κ3) is 5.27. The number of thiazole rings is 1. The summed E-state index contributed by atoms with van der Waals surface area (Å²) in [4.78, 5) is 27.9. The third-order valence-electron chi connectivity index (χ3n) is 2.53. The summed E-state index contributed by atoms with van der Waals surface area (Å²) in [6.45, 7) is 2.22. The van der Waals surface area contributed by atoms with Crippen molar-refractivity contribution in [3.63, 3.8) is 0 Å². The molecule has 0 fully saturated rings. The monoisotopic (exact) mass is 270 g/mol. The van der Waals surface area contributed by atoms with Crippen molar-refractivity contribution >= 4 is 23.2 Å². The molecule has 1 aromatic heterocycles. The summed E-state index contributed by atoms with van der Waals surface area (Å²) in [6, 6.07) is 0. The Hall–Kier alpha value is -1.43. The molecular weight excluding hydrogens is 252 g/mol. The van der Waals surface area contributed by atoms with Gasteiger partial charge in [0.25, 0.3) is 0 Å². The lowest BCUT2D eigenvalue weighted by atomic mass is 10.2. The second-order valence-electron chi connectivity index (χ2n) is 4.20. The first-order chi connectivity index (χ1) is 8.49. The van der Waals surface area contributed by atoms with Gasteiger partial charge in [-0.2, -0.15) is 0 Å². The SMILES string of the molecule is Cc1csc(CCCC(=O)N(C)CCC(=O)O)n1. The minimum atomic E-state index is -0.882. The average molecular weight is 270 g/mol. The van der Waals surface area contributed by atoms with Gasteiger partial charge in [0.05, 0.1) is 11.4 Å². The molecule has 0 aliphatic carbocycles. The van der Waals surface area contributed by atoms with Crippen LogP contribution in [0, 0.1) is 6.92 Å².